The molecule has 1 aliphatic heterocycles. The van der Waals surface area contributed by atoms with E-state index in [0.717, 1.165) is 24.0 Å². The van der Waals surface area contributed by atoms with Crippen LogP contribution in [-0.2, 0) is 9.63 Å². The normalized spacial score (nSPS) is 19.5. The van der Waals surface area contributed by atoms with Crippen LogP contribution in [0.3, 0.4) is 0 Å². The van der Waals surface area contributed by atoms with Crippen molar-refractivity contribution < 1.29 is 9.63 Å². The SMILES string of the molecule is O=CCCC1C=C(c2ccccc2)NO1. The van der Waals surface area contributed by atoms with E-state index in [0.29, 0.717) is 6.42 Å². The van der Waals surface area contributed by atoms with Crippen LogP contribution in [0, 0.1) is 0 Å². The van der Waals surface area contributed by atoms with Crippen LogP contribution in [0.4, 0.5) is 0 Å². The number of hydrogen-bond acceptors (Lipinski definition) is 3. The van der Waals surface area contributed by atoms with Gasteiger partial charge in [-0.2, -0.15) is 0 Å². The molecule has 0 aromatic heterocycles. The third-order valence-corrected chi connectivity index (χ3v) is 2.33. The minimum atomic E-state index is 0.00501. The highest BCUT2D eigenvalue weighted by atomic mass is 16.7. The molecular formula is C12H13NO2. The van der Waals surface area contributed by atoms with Crippen LogP contribution < -0.4 is 5.48 Å². The fraction of sp³-hybridized carbons (Fsp3) is 0.250. The number of nitrogens with one attached hydrogen (secondary N) is 1. The van der Waals surface area contributed by atoms with Crippen molar-refractivity contribution in [1.29, 1.82) is 0 Å². The van der Waals surface area contributed by atoms with Crippen LogP contribution in [0.25, 0.3) is 5.70 Å². The van der Waals surface area contributed by atoms with Gasteiger partial charge in [0.05, 0.1) is 5.70 Å². The van der Waals surface area contributed by atoms with Crippen LogP contribution in [0.15, 0.2) is 36.4 Å². The van der Waals surface area contributed by atoms with Crippen molar-refractivity contribution in [3.63, 3.8) is 0 Å². The van der Waals surface area contributed by atoms with Gasteiger partial charge in [-0.25, -0.2) is 0 Å². The highest BCUT2D eigenvalue weighted by molar-refractivity contribution is 5.64. The average molecular weight is 203 g/mol. The maximum absolute atomic E-state index is 10.2. The zero-order valence-electron chi connectivity index (χ0n) is 8.35. The standard InChI is InChI=1S/C12H13NO2/c14-8-4-7-11-9-12(13-15-11)10-5-2-1-3-6-10/h1-3,5-6,8-9,11,13H,4,7H2. The van der Waals surface area contributed by atoms with E-state index in [-0.39, 0.29) is 6.10 Å². The summed E-state index contributed by atoms with van der Waals surface area (Å²) in [5, 5.41) is 0. The van der Waals surface area contributed by atoms with Crippen molar-refractivity contribution in [2.45, 2.75) is 18.9 Å². The lowest BCUT2D eigenvalue weighted by Crippen LogP contribution is -2.12. The molecule has 0 spiro atoms. The molecule has 0 saturated heterocycles. The van der Waals surface area contributed by atoms with Crippen molar-refractivity contribution in [3.8, 4) is 0 Å². The molecule has 1 N–H and O–H groups in total. The van der Waals surface area contributed by atoms with Gasteiger partial charge in [-0.3, -0.25) is 10.3 Å². The minimum Gasteiger partial charge on any atom is -0.303 e. The molecule has 1 unspecified atom stereocenters. The largest absolute Gasteiger partial charge is 0.303 e. The Morgan fingerprint density at radius 2 is 2.13 bits per heavy atom. The second kappa shape index (κ2) is 4.75. The van der Waals surface area contributed by atoms with E-state index in [4.69, 9.17) is 4.84 Å². The molecule has 2 rings (SSSR count). The Morgan fingerprint density at radius 1 is 1.33 bits per heavy atom. The lowest BCUT2D eigenvalue weighted by atomic mass is 10.1. The van der Waals surface area contributed by atoms with Crippen LogP contribution in [0.2, 0.25) is 0 Å². The molecule has 1 heterocycles. The molecule has 3 heteroatoms. The van der Waals surface area contributed by atoms with E-state index in [1.807, 2.05) is 36.4 Å². The first-order chi connectivity index (χ1) is 7.40. The van der Waals surface area contributed by atoms with Crippen LogP contribution >= 0.6 is 0 Å². The Labute approximate surface area is 88.7 Å². The Kier molecular flexibility index (Phi) is 3.15. The molecule has 0 fully saturated rings. The van der Waals surface area contributed by atoms with E-state index in [1.165, 1.54) is 0 Å². The molecule has 0 saturated carbocycles. The summed E-state index contributed by atoms with van der Waals surface area (Å²) in [5.41, 5.74) is 4.96. The molecule has 0 radical (unpaired) electrons. The Hall–Kier alpha value is -1.61. The van der Waals surface area contributed by atoms with Gasteiger partial charge in [0, 0.05) is 6.42 Å². The summed E-state index contributed by atoms with van der Waals surface area (Å²) in [6.07, 6.45) is 4.19. The maximum atomic E-state index is 10.2. The average Bonchev–Trinajstić information content (AvgIpc) is 2.76. The third-order valence-electron chi connectivity index (χ3n) is 2.33. The van der Waals surface area contributed by atoms with Crippen LogP contribution in [-0.4, -0.2) is 12.4 Å². The zero-order valence-corrected chi connectivity index (χ0v) is 8.35. The van der Waals surface area contributed by atoms with Crippen LogP contribution in [0.1, 0.15) is 18.4 Å². The number of rotatable bonds is 4. The highest BCUT2D eigenvalue weighted by Crippen LogP contribution is 2.19. The lowest BCUT2D eigenvalue weighted by Gasteiger charge is -2.04. The van der Waals surface area contributed by atoms with Gasteiger partial charge in [0.25, 0.3) is 0 Å². The number of hydrogen-bond donors (Lipinski definition) is 1. The molecule has 0 aliphatic carbocycles. The van der Waals surface area contributed by atoms with Crippen molar-refractivity contribution in [2.24, 2.45) is 0 Å². The van der Waals surface area contributed by atoms with Gasteiger partial charge in [-0.15, -0.1) is 0 Å². The summed E-state index contributed by atoms with van der Waals surface area (Å²) in [6.45, 7) is 0. The van der Waals surface area contributed by atoms with Gasteiger partial charge < -0.3 is 4.79 Å². The Balaban J connectivity index is 2.03. The fourth-order valence-corrected chi connectivity index (χ4v) is 1.54. The second-order valence-electron chi connectivity index (χ2n) is 3.45. The molecule has 0 amide bonds. The molecule has 1 aromatic carbocycles. The van der Waals surface area contributed by atoms with E-state index in [1.54, 1.807) is 0 Å². The van der Waals surface area contributed by atoms with Crippen molar-refractivity contribution in [2.75, 3.05) is 0 Å². The van der Waals surface area contributed by atoms with Gasteiger partial charge in [-0.05, 0) is 18.1 Å². The van der Waals surface area contributed by atoms with Gasteiger partial charge >= 0.3 is 0 Å². The van der Waals surface area contributed by atoms with E-state index in [9.17, 15) is 4.79 Å². The molecular weight excluding hydrogens is 190 g/mol. The second-order valence-corrected chi connectivity index (χ2v) is 3.45. The first-order valence-electron chi connectivity index (χ1n) is 5.02. The summed E-state index contributed by atoms with van der Waals surface area (Å²) in [4.78, 5) is 15.5. The Bertz CT molecular complexity index is 359. The number of hydroxylamine groups is 1. The highest BCUT2D eigenvalue weighted by Gasteiger charge is 2.16. The first-order valence-corrected chi connectivity index (χ1v) is 5.02. The summed E-state index contributed by atoms with van der Waals surface area (Å²) in [7, 11) is 0. The quantitative estimate of drug-likeness (QED) is 0.760. The van der Waals surface area contributed by atoms with E-state index < -0.39 is 0 Å². The number of benzene rings is 1. The fourth-order valence-electron chi connectivity index (χ4n) is 1.54. The lowest BCUT2D eigenvalue weighted by molar-refractivity contribution is -0.108. The summed E-state index contributed by atoms with van der Waals surface area (Å²) in [6, 6.07) is 9.98. The van der Waals surface area contributed by atoms with Gasteiger partial charge in [0.1, 0.15) is 12.4 Å². The van der Waals surface area contributed by atoms with Crippen molar-refractivity contribution in [3.05, 3.63) is 42.0 Å². The number of carbonyl (C=O) groups is 1. The van der Waals surface area contributed by atoms with Crippen molar-refractivity contribution >= 4 is 12.0 Å². The minimum absolute atomic E-state index is 0.00501. The van der Waals surface area contributed by atoms with E-state index in [2.05, 4.69) is 5.48 Å². The smallest absolute Gasteiger partial charge is 0.120 e. The predicted octanol–water partition coefficient (Wildman–Crippen LogP) is 1.91. The summed E-state index contributed by atoms with van der Waals surface area (Å²) < 4.78 is 0. The predicted molar refractivity (Wildman–Crippen MR) is 57.7 cm³/mol. The molecule has 1 aromatic rings. The topological polar surface area (TPSA) is 38.3 Å². The molecule has 1 atom stereocenters. The maximum Gasteiger partial charge on any atom is 0.120 e. The monoisotopic (exact) mass is 203 g/mol. The summed E-state index contributed by atoms with van der Waals surface area (Å²) in [5.74, 6) is 0. The van der Waals surface area contributed by atoms with Gasteiger partial charge in [0.2, 0.25) is 0 Å². The van der Waals surface area contributed by atoms with Crippen molar-refractivity contribution in [1.82, 2.24) is 5.48 Å². The molecule has 0 bridgehead atoms. The molecule has 15 heavy (non-hydrogen) atoms. The van der Waals surface area contributed by atoms with Gasteiger partial charge in [-0.1, -0.05) is 30.3 Å². The van der Waals surface area contributed by atoms with Gasteiger partial charge in [0.15, 0.2) is 0 Å². The first kappa shape index (κ1) is 9.93. The molecule has 1 aliphatic rings. The van der Waals surface area contributed by atoms with E-state index >= 15 is 0 Å². The zero-order chi connectivity index (χ0) is 10.5. The number of aldehydes is 1. The summed E-state index contributed by atoms with van der Waals surface area (Å²) >= 11 is 0. The molecule has 78 valence electrons. The third kappa shape index (κ3) is 2.44. The Morgan fingerprint density at radius 3 is 2.87 bits per heavy atom. The number of carbonyl (C=O) groups excluding carboxylic acids is 1. The van der Waals surface area contributed by atoms with Crippen LogP contribution in [0.5, 0.6) is 0 Å². The molecule has 3 nitrogen and oxygen atoms in total.